The van der Waals surface area contributed by atoms with E-state index >= 15 is 17.6 Å². The number of fused-ring (bicyclic) bond motifs is 8. The Kier molecular flexibility index (Phi) is 9.96. The Morgan fingerprint density at radius 2 is 0.583 bits per heavy atom. The topological polar surface area (TPSA) is 57.4 Å². The molecule has 0 fully saturated rings. The van der Waals surface area contributed by atoms with Crippen molar-refractivity contribution in [2.45, 2.75) is 0 Å². The first-order valence-corrected chi connectivity index (χ1v) is 19.6. The van der Waals surface area contributed by atoms with Crippen LogP contribution in [0.1, 0.15) is 22.8 Å². The number of hydrogen-bond donors (Lipinski definition) is 2. The number of halogens is 12. The van der Waals surface area contributed by atoms with E-state index in [4.69, 9.17) is 0 Å². The van der Waals surface area contributed by atoms with Gasteiger partial charge in [0.15, 0.2) is 46.5 Å². The van der Waals surface area contributed by atoms with E-state index in [2.05, 4.69) is 65.1 Å². The Morgan fingerprint density at radius 1 is 0.300 bits per heavy atom. The lowest BCUT2D eigenvalue weighted by molar-refractivity contribution is 0.381. The summed E-state index contributed by atoms with van der Waals surface area (Å²) in [6.07, 6.45) is 4.81. The highest BCUT2D eigenvalue weighted by Crippen LogP contribution is 2.42. The molecule has 9 rings (SSSR count). The van der Waals surface area contributed by atoms with Gasteiger partial charge in [-0.05, 0) is 129 Å². The predicted octanol–water partition coefficient (Wildman–Crippen LogP) is 13.9. The first-order valence-electron chi connectivity index (χ1n) is 17.4. The molecule has 0 saturated heterocycles. The van der Waals surface area contributed by atoms with E-state index < -0.39 is 91.8 Å². The first kappa shape index (κ1) is 39.7. The SMILES string of the molecule is Fc1c(F)c(F)c(-c2c3nc(c(-c4ccc(I)cc4)c4ccc([nH]4)c(-c4ccc(I)cc4)c4ccc([nH]4)c(-c4c(F)c(F)c(F)c(F)c4F)c4nc2C=C4)C=C3)c(F)c1F. The third kappa shape index (κ3) is 6.41. The van der Waals surface area contributed by atoms with Crippen molar-refractivity contribution in [2.75, 3.05) is 0 Å². The monoisotopic (exact) mass is 1050 g/mol. The standard InChI is InChI=1S/C44H18F10I2N4/c45-35-33(36(46)40(50)43(53)39(35)49)31-25-13-11-23(58-25)29(17-1-5-19(55)6-2-17)21-9-10-22(57-21)30(18-3-7-20(56)8-4-18)24-12-14-26(59-24)32(28-16-15-27(31)60-28)34-37(47)41(51)44(54)42(52)38(34)48/h1-16,57-58H. The molecular formula is C44H18F10I2N4. The second-order valence-electron chi connectivity index (χ2n) is 13.4. The molecule has 4 aromatic carbocycles. The zero-order valence-corrected chi connectivity index (χ0v) is 34.0. The summed E-state index contributed by atoms with van der Waals surface area (Å²) in [7, 11) is 0. The molecule has 3 aromatic heterocycles. The van der Waals surface area contributed by atoms with Gasteiger partial charge in [-0.25, -0.2) is 53.9 Å². The highest BCUT2D eigenvalue weighted by atomic mass is 127. The van der Waals surface area contributed by atoms with Crippen molar-refractivity contribution in [1.82, 2.24) is 19.9 Å². The van der Waals surface area contributed by atoms with Gasteiger partial charge in [0, 0.05) is 51.5 Å². The number of nitrogens with zero attached hydrogens (tertiary/aromatic N) is 2. The molecule has 0 radical (unpaired) electrons. The number of rotatable bonds is 4. The van der Waals surface area contributed by atoms with Crippen LogP contribution >= 0.6 is 45.2 Å². The van der Waals surface area contributed by atoms with Gasteiger partial charge in [0.2, 0.25) is 11.6 Å². The maximum Gasteiger partial charge on any atom is 0.200 e. The molecular weight excluding hydrogens is 1030 g/mol. The van der Waals surface area contributed by atoms with Crippen molar-refractivity contribution >= 4 is 91.6 Å². The highest BCUT2D eigenvalue weighted by molar-refractivity contribution is 14.1. The summed E-state index contributed by atoms with van der Waals surface area (Å²) in [6.45, 7) is 0. The van der Waals surface area contributed by atoms with Crippen molar-refractivity contribution in [3.63, 3.8) is 0 Å². The summed E-state index contributed by atoms with van der Waals surface area (Å²) in [6, 6.07) is 20.9. The molecule has 0 atom stereocenters. The van der Waals surface area contributed by atoms with Gasteiger partial charge in [-0.1, -0.05) is 24.3 Å². The summed E-state index contributed by atoms with van der Waals surface area (Å²) in [5, 5.41) is 0. The molecule has 0 saturated carbocycles. The Hall–Kier alpha value is -5.76. The quantitative estimate of drug-likeness (QED) is 0.0799. The lowest BCUT2D eigenvalue weighted by Gasteiger charge is -2.11. The maximum absolute atomic E-state index is 15.8. The van der Waals surface area contributed by atoms with Gasteiger partial charge in [-0.15, -0.1) is 0 Å². The molecule has 16 heteroatoms. The summed E-state index contributed by atoms with van der Waals surface area (Å²) >= 11 is 4.26. The average Bonchev–Trinajstić information content (AvgIpc) is 4.09. The fourth-order valence-electron chi connectivity index (χ4n) is 7.22. The Bertz CT molecular complexity index is 3170. The number of nitrogens with one attached hydrogen (secondary N) is 2. The Labute approximate surface area is 358 Å². The fraction of sp³-hybridized carbons (Fsp3) is 0. The fourth-order valence-corrected chi connectivity index (χ4v) is 7.94. The lowest BCUT2D eigenvalue weighted by Crippen LogP contribution is -2.06. The van der Waals surface area contributed by atoms with Crippen molar-refractivity contribution in [2.24, 2.45) is 0 Å². The zero-order valence-electron chi connectivity index (χ0n) is 29.7. The van der Waals surface area contributed by atoms with Gasteiger partial charge in [0.1, 0.15) is 0 Å². The summed E-state index contributed by atoms with van der Waals surface area (Å²) in [5.74, 6) is -22.9. The third-order valence-corrected chi connectivity index (χ3v) is 11.4. The molecule has 2 N–H and O–H groups in total. The molecule has 0 unspecified atom stereocenters. The van der Waals surface area contributed by atoms with Crippen LogP contribution < -0.4 is 0 Å². The molecule has 298 valence electrons. The number of H-pyrrole nitrogens is 2. The van der Waals surface area contributed by atoms with Crippen LogP contribution in [0.25, 0.3) is 90.9 Å². The predicted molar refractivity (Wildman–Crippen MR) is 226 cm³/mol. The largest absolute Gasteiger partial charge is 0.354 e. The molecule has 5 heterocycles. The molecule has 2 aliphatic heterocycles. The Morgan fingerprint density at radius 3 is 0.983 bits per heavy atom. The zero-order chi connectivity index (χ0) is 42.3. The van der Waals surface area contributed by atoms with Gasteiger partial charge >= 0.3 is 0 Å². The minimum Gasteiger partial charge on any atom is -0.354 e. The van der Waals surface area contributed by atoms with Crippen LogP contribution in [-0.2, 0) is 0 Å². The van der Waals surface area contributed by atoms with Crippen LogP contribution in [0.4, 0.5) is 43.9 Å². The molecule has 8 bridgehead atoms. The van der Waals surface area contributed by atoms with Gasteiger partial charge in [0.05, 0.1) is 33.9 Å². The van der Waals surface area contributed by atoms with Crippen LogP contribution in [-0.4, -0.2) is 19.9 Å². The van der Waals surface area contributed by atoms with Gasteiger partial charge in [0.25, 0.3) is 0 Å². The minimum atomic E-state index is -2.43. The van der Waals surface area contributed by atoms with E-state index in [9.17, 15) is 26.3 Å². The van der Waals surface area contributed by atoms with Crippen LogP contribution in [0.15, 0.2) is 72.8 Å². The van der Waals surface area contributed by atoms with Crippen molar-refractivity contribution in [3.05, 3.63) is 161 Å². The lowest BCUT2D eigenvalue weighted by atomic mass is 10.00. The van der Waals surface area contributed by atoms with Crippen LogP contribution in [0.3, 0.4) is 0 Å². The Balaban J connectivity index is 1.53. The van der Waals surface area contributed by atoms with E-state index in [1.807, 2.05) is 48.5 Å². The normalized spacial score (nSPS) is 12.2. The summed E-state index contributed by atoms with van der Waals surface area (Å²) < 4.78 is 154. The second-order valence-corrected chi connectivity index (χ2v) is 15.9. The van der Waals surface area contributed by atoms with Crippen LogP contribution in [0, 0.1) is 65.3 Å². The molecule has 0 aliphatic carbocycles. The molecule has 60 heavy (non-hydrogen) atoms. The van der Waals surface area contributed by atoms with Crippen molar-refractivity contribution < 1.29 is 43.9 Å². The van der Waals surface area contributed by atoms with E-state index in [0.29, 0.717) is 38.8 Å². The molecule has 4 nitrogen and oxygen atoms in total. The number of aromatic nitrogens is 4. The van der Waals surface area contributed by atoms with Crippen molar-refractivity contribution in [3.8, 4) is 44.5 Å². The van der Waals surface area contributed by atoms with Crippen molar-refractivity contribution in [1.29, 1.82) is 0 Å². The smallest absolute Gasteiger partial charge is 0.200 e. The summed E-state index contributed by atoms with van der Waals surface area (Å²) in [5.41, 5.74) is -2.16. The van der Waals surface area contributed by atoms with Crippen LogP contribution in [0.2, 0.25) is 0 Å². The molecule has 2 aliphatic rings. The molecule has 7 aromatic rings. The van der Waals surface area contributed by atoms with Gasteiger partial charge in [-0.3, -0.25) is 0 Å². The number of hydrogen-bond acceptors (Lipinski definition) is 2. The maximum atomic E-state index is 15.8. The average molecular weight is 1050 g/mol. The number of benzene rings is 4. The molecule has 0 spiro atoms. The van der Waals surface area contributed by atoms with Crippen LogP contribution in [0.5, 0.6) is 0 Å². The molecule has 0 amide bonds. The summed E-state index contributed by atoms with van der Waals surface area (Å²) in [4.78, 5) is 15.4. The third-order valence-electron chi connectivity index (χ3n) is 9.94. The van der Waals surface area contributed by atoms with E-state index in [-0.39, 0.29) is 16.9 Å². The second kappa shape index (κ2) is 15.1. The first-order chi connectivity index (χ1) is 28.7. The van der Waals surface area contributed by atoms with E-state index in [1.54, 1.807) is 12.1 Å². The number of aromatic amines is 2. The van der Waals surface area contributed by atoms with Gasteiger partial charge in [-0.2, -0.15) is 0 Å². The highest BCUT2D eigenvalue weighted by Gasteiger charge is 2.32. The minimum absolute atomic E-state index is 0.187. The van der Waals surface area contributed by atoms with E-state index in [1.165, 1.54) is 24.3 Å². The van der Waals surface area contributed by atoms with Gasteiger partial charge < -0.3 is 9.97 Å². The van der Waals surface area contributed by atoms with E-state index in [0.717, 1.165) is 19.3 Å².